The summed E-state index contributed by atoms with van der Waals surface area (Å²) in [4.78, 5) is 0. The molecule has 0 fully saturated rings. The molecular weight excluding hydrogens is 208 g/mol. The fourth-order valence-corrected chi connectivity index (χ4v) is 2.61. The van der Waals surface area contributed by atoms with E-state index in [-0.39, 0.29) is 0 Å². The molecule has 3 rings (SSSR count). The lowest BCUT2D eigenvalue weighted by Gasteiger charge is -2.05. The third-order valence-corrected chi connectivity index (χ3v) is 3.46. The number of benzene rings is 1. The molecule has 1 atom stereocenters. The van der Waals surface area contributed by atoms with Crippen LogP contribution in [0.15, 0.2) is 24.3 Å². The maximum Gasteiger partial charge on any atom is 0.0497 e. The van der Waals surface area contributed by atoms with Crippen LogP contribution in [0.25, 0.3) is 10.9 Å². The lowest BCUT2D eigenvalue weighted by Crippen LogP contribution is -2.15. The second-order valence-corrected chi connectivity index (χ2v) is 4.69. The van der Waals surface area contributed by atoms with Gasteiger partial charge in [0.2, 0.25) is 0 Å². The predicted molar refractivity (Wildman–Crippen MR) is 63.2 cm³/mol. The smallest absolute Gasteiger partial charge is 0.0497 e. The molecule has 1 aromatic heterocycles. The summed E-state index contributed by atoms with van der Waals surface area (Å²) < 4.78 is 2.35. The molecule has 2 N–H and O–H groups in total. The zero-order valence-corrected chi connectivity index (χ0v) is 9.17. The molecule has 1 unspecified atom stereocenters. The Balaban J connectivity index is 2.17. The van der Waals surface area contributed by atoms with Crippen molar-refractivity contribution in [2.24, 2.45) is 11.7 Å². The van der Waals surface area contributed by atoms with Gasteiger partial charge in [0.15, 0.2) is 0 Å². The lowest BCUT2D eigenvalue weighted by atomic mass is 10.1. The number of hydrogen-bond acceptors (Lipinski definition) is 1. The van der Waals surface area contributed by atoms with Gasteiger partial charge in [0, 0.05) is 22.8 Å². The summed E-state index contributed by atoms with van der Waals surface area (Å²) in [6.45, 7) is 1.80. The van der Waals surface area contributed by atoms with Gasteiger partial charge in [-0.2, -0.15) is 0 Å². The third-order valence-electron chi connectivity index (χ3n) is 3.22. The summed E-state index contributed by atoms with van der Waals surface area (Å²) in [5.41, 5.74) is 8.34. The molecule has 1 aromatic carbocycles. The maximum absolute atomic E-state index is 6.01. The monoisotopic (exact) mass is 220 g/mol. The van der Waals surface area contributed by atoms with Gasteiger partial charge >= 0.3 is 0 Å². The minimum atomic E-state index is 0.600. The molecule has 0 saturated carbocycles. The van der Waals surface area contributed by atoms with Crippen molar-refractivity contribution < 1.29 is 0 Å². The van der Waals surface area contributed by atoms with E-state index in [4.69, 9.17) is 17.3 Å². The molecule has 0 saturated heterocycles. The Morgan fingerprint density at radius 2 is 2.27 bits per heavy atom. The van der Waals surface area contributed by atoms with Crippen molar-refractivity contribution in [2.75, 3.05) is 6.54 Å². The zero-order valence-electron chi connectivity index (χ0n) is 8.41. The molecule has 0 aliphatic carbocycles. The Kier molecular flexibility index (Phi) is 2.01. The first-order valence-electron chi connectivity index (χ1n) is 5.25. The normalized spacial score (nSPS) is 19.7. The number of fused-ring (bicyclic) bond motifs is 3. The number of aromatic nitrogens is 1. The number of nitrogens with two attached hydrogens (primary N) is 1. The summed E-state index contributed by atoms with van der Waals surface area (Å²) in [6.07, 6.45) is 1.10. The molecule has 78 valence electrons. The van der Waals surface area contributed by atoms with E-state index in [1.165, 1.54) is 16.6 Å². The van der Waals surface area contributed by atoms with Gasteiger partial charge in [-0.3, -0.25) is 0 Å². The molecule has 2 nitrogen and oxygen atoms in total. The molecule has 0 radical (unpaired) electrons. The Hall–Kier alpha value is -0.990. The molecule has 0 amide bonds. The van der Waals surface area contributed by atoms with Crippen LogP contribution in [0.1, 0.15) is 5.69 Å². The molecule has 2 aromatic rings. The van der Waals surface area contributed by atoms with Gasteiger partial charge in [-0.15, -0.1) is 0 Å². The number of hydrogen-bond donors (Lipinski definition) is 1. The van der Waals surface area contributed by atoms with Crippen LogP contribution in [0.5, 0.6) is 0 Å². The first-order valence-corrected chi connectivity index (χ1v) is 5.63. The second-order valence-electron chi connectivity index (χ2n) is 4.26. The number of nitrogens with zero attached hydrogens (tertiary/aromatic N) is 1. The Morgan fingerprint density at radius 3 is 3.07 bits per heavy atom. The summed E-state index contributed by atoms with van der Waals surface area (Å²) in [5, 5.41) is 2.09. The van der Waals surface area contributed by atoms with E-state index in [9.17, 15) is 0 Å². The Labute approximate surface area is 93.6 Å². The quantitative estimate of drug-likeness (QED) is 0.786. The van der Waals surface area contributed by atoms with Crippen LogP contribution in [0.2, 0.25) is 5.02 Å². The number of halogens is 1. The van der Waals surface area contributed by atoms with Gasteiger partial charge in [0.25, 0.3) is 0 Å². The summed E-state index contributed by atoms with van der Waals surface area (Å²) in [7, 11) is 0. The highest BCUT2D eigenvalue weighted by molar-refractivity contribution is 6.31. The van der Waals surface area contributed by atoms with E-state index in [1.54, 1.807) is 0 Å². The van der Waals surface area contributed by atoms with Crippen molar-refractivity contribution in [3.8, 4) is 0 Å². The Bertz CT molecular complexity index is 516. The van der Waals surface area contributed by atoms with Crippen LogP contribution in [0, 0.1) is 5.92 Å². The van der Waals surface area contributed by atoms with Gasteiger partial charge < -0.3 is 10.3 Å². The van der Waals surface area contributed by atoms with Crippen LogP contribution >= 0.6 is 11.6 Å². The second kappa shape index (κ2) is 3.26. The van der Waals surface area contributed by atoms with Crippen molar-refractivity contribution >= 4 is 22.5 Å². The molecule has 0 bridgehead atoms. The average Bonchev–Trinajstić information content (AvgIpc) is 2.75. The average molecular weight is 221 g/mol. The van der Waals surface area contributed by atoms with E-state index in [2.05, 4.69) is 16.7 Å². The lowest BCUT2D eigenvalue weighted by molar-refractivity contribution is 0.530. The predicted octanol–water partition coefficient (Wildman–Crippen LogP) is 2.43. The van der Waals surface area contributed by atoms with Gasteiger partial charge in [0.05, 0.1) is 0 Å². The summed E-state index contributed by atoms with van der Waals surface area (Å²) >= 11 is 6.01. The molecule has 0 spiro atoms. The van der Waals surface area contributed by atoms with Crippen molar-refractivity contribution in [1.82, 2.24) is 4.57 Å². The van der Waals surface area contributed by atoms with E-state index >= 15 is 0 Å². The van der Waals surface area contributed by atoms with Gasteiger partial charge in [0.1, 0.15) is 0 Å². The van der Waals surface area contributed by atoms with Crippen molar-refractivity contribution in [3.05, 3.63) is 35.0 Å². The van der Waals surface area contributed by atoms with Crippen LogP contribution in [0.4, 0.5) is 0 Å². The highest BCUT2D eigenvalue weighted by Crippen LogP contribution is 2.30. The van der Waals surface area contributed by atoms with E-state index in [0.29, 0.717) is 5.92 Å². The van der Waals surface area contributed by atoms with Crippen LogP contribution in [-0.2, 0) is 13.0 Å². The molecular formula is C12H13ClN2. The maximum atomic E-state index is 6.01. The Morgan fingerprint density at radius 1 is 1.40 bits per heavy atom. The van der Waals surface area contributed by atoms with Crippen molar-refractivity contribution in [1.29, 1.82) is 0 Å². The first-order chi connectivity index (χ1) is 7.28. The first kappa shape index (κ1) is 9.25. The molecule has 1 aliphatic rings. The minimum absolute atomic E-state index is 0.600. The number of rotatable bonds is 1. The van der Waals surface area contributed by atoms with E-state index in [0.717, 1.165) is 24.5 Å². The van der Waals surface area contributed by atoms with Crippen molar-refractivity contribution in [3.63, 3.8) is 0 Å². The van der Waals surface area contributed by atoms with Crippen LogP contribution < -0.4 is 5.73 Å². The van der Waals surface area contributed by atoms with Gasteiger partial charge in [-0.1, -0.05) is 17.7 Å². The molecule has 3 heteroatoms. The largest absolute Gasteiger partial charge is 0.344 e. The summed E-state index contributed by atoms with van der Waals surface area (Å²) in [5.74, 6) is 0.600. The molecule has 2 heterocycles. The van der Waals surface area contributed by atoms with E-state index in [1.807, 2.05) is 12.1 Å². The summed E-state index contributed by atoms with van der Waals surface area (Å²) in [6, 6.07) is 8.32. The molecule has 15 heavy (non-hydrogen) atoms. The van der Waals surface area contributed by atoms with Crippen LogP contribution in [-0.4, -0.2) is 11.1 Å². The highest BCUT2D eigenvalue weighted by atomic mass is 35.5. The van der Waals surface area contributed by atoms with E-state index < -0.39 is 0 Å². The van der Waals surface area contributed by atoms with Crippen molar-refractivity contribution in [2.45, 2.75) is 13.0 Å². The van der Waals surface area contributed by atoms with Gasteiger partial charge in [-0.05, 0) is 42.5 Å². The SMILES string of the molecule is NCC1Cc2cc3ccc(Cl)cc3n2C1. The molecule has 1 aliphatic heterocycles. The fraction of sp³-hybridized carbons (Fsp3) is 0.333. The van der Waals surface area contributed by atoms with Gasteiger partial charge in [-0.25, -0.2) is 0 Å². The van der Waals surface area contributed by atoms with Crippen LogP contribution in [0.3, 0.4) is 0 Å². The standard InChI is InChI=1S/C12H13ClN2/c13-10-2-1-9-4-11-3-8(6-14)7-15(11)12(9)5-10/h1-2,4-5,8H,3,6-7,14H2. The highest BCUT2D eigenvalue weighted by Gasteiger charge is 2.22. The minimum Gasteiger partial charge on any atom is -0.344 e. The zero-order chi connectivity index (χ0) is 10.4. The topological polar surface area (TPSA) is 30.9 Å². The fourth-order valence-electron chi connectivity index (χ4n) is 2.45. The third kappa shape index (κ3) is 1.36.